The van der Waals surface area contributed by atoms with Gasteiger partial charge in [0.2, 0.25) is 0 Å². The Balaban J connectivity index is 2.76. The van der Waals surface area contributed by atoms with Gasteiger partial charge in [-0.25, -0.2) is 14.4 Å². The molecule has 1 aliphatic heterocycles. The number of hydrogen-bond donors (Lipinski definition) is 1. The Morgan fingerprint density at radius 1 is 1.04 bits per heavy atom. The molecule has 0 spiro atoms. The van der Waals surface area contributed by atoms with Crippen LogP contribution in [0, 0.1) is 6.92 Å². The number of carbonyl (C=O) groups is 3. The van der Waals surface area contributed by atoms with Crippen molar-refractivity contribution >= 4 is 23.6 Å². The van der Waals surface area contributed by atoms with Crippen molar-refractivity contribution in [2.75, 3.05) is 19.1 Å². The Morgan fingerprint density at radius 3 is 2.32 bits per heavy atom. The van der Waals surface area contributed by atoms with Gasteiger partial charge in [-0.05, 0) is 31.2 Å². The fourth-order valence-corrected chi connectivity index (χ4v) is 2.38. The van der Waals surface area contributed by atoms with Crippen molar-refractivity contribution in [1.82, 2.24) is 0 Å². The number of carboxylic acids is 1. The topological polar surface area (TPSA) is 93.1 Å². The molecule has 2 rings (SSSR count). The number of aromatic carboxylic acids is 1. The van der Waals surface area contributed by atoms with Gasteiger partial charge in [-0.1, -0.05) is 17.7 Å². The highest BCUT2D eigenvalue weighted by atomic mass is 16.5. The van der Waals surface area contributed by atoms with E-state index in [1.54, 1.807) is 31.2 Å². The smallest absolute Gasteiger partial charge is 0.355 e. The summed E-state index contributed by atoms with van der Waals surface area (Å²) in [6, 6.07) is 4.75. The van der Waals surface area contributed by atoms with E-state index in [4.69, 9.17) is 9.47 Å². The van der Waals surface area contributed by atoms with Gasteiger partial charge in [0.1, 0.15) is 5.70 Å². The summed E-state index contributed by atoms with van der Waals surface area (Å²) in [4.78, 5) is 37.4. The predicted molar refractivity (Wildman–Crippen MR) is 90.0 cm³/mol. The number of nitrogens with zero attached hydrogens (tertiary/aromatic N) is 1. The largest absolute Gasteiger partial charge is 0.478 e. The summed E-state index contributed by atoms with van der Waals surface area (Å²) in [5.74, 6) is -2.70. The first kappa shape index (κ1) is 18.0. The van der Waals surface area contributed by atoms with E-state index in [9.17, 15) is 19.5 Å². The Hall–Kier alpha value is -3.35. The number of esters is 2. The van der Waals surface area contributed by atoms with Crippen molar-refractivity contribution in [2.24, 2.45) is 0 Å². The molecule has 1 aromatic rings. The predicted octanol–water partition coefficient (Wildman–Crippen LogP) is 2.18. The molecule has 0 bridgehead atoms. The van der Waals surface area contributed by atoms with Crippen molar-refractivity contribution in [1.29, 1.82) is 0 Å². The first-order chi connectivity index (χ1) is 11.9. The fraction of sp³-hybridized carbons (Fsp3) is 0.167. The lowest BCUT2D eigenvalue weighted by molar-refractivity contribution is -0.139. The number of carbonyl (C=O) groups excluding carboxylic acids is 2. The number of hydrogen-bond acceptors (Lipinski definition) is 6. The minimum Gasteiger partial charge on any atom is -0.478 e. The van der Waals surface area contributed by atoms with Gasteiger partial charge < -0.3 is 19.5 Å². The second kappa shape index (κ2) is 7.48. The summed E-state index contributed by atoms with van der Waals surface area (Å²) in [6.45, 7) is 1.76. The van der Waals surface area contributed by atoms with Crippen LogP contribution in [0.1, 0.15) is 15.9 Å². The number of carboxylic acid groups (broad SMARTS) is 1. The van der Waals surface area contributed by atoms with Crippen LogP contribution in [-0.4, -0.2) is 37.2 Å². The number of methoxy groups -OCH3 is 2. The summed E-state index contributed by atoms with van der Waals surface area (Å²) >= 11 is 0. The second-order valence-corrected chi connectivity index (χ2v) is 5.14. The van der Waals surface area contributed by atoms with Gasteiger partial charge in [-0.2, -0.15) is 0 Å². The molecular formula is C18H17NO6. The summed E-state index contributed by atoms with van der Waals surface area (Å²) < 4.78 is 9.51. The first-order valence-electron chi connectivity index (χ1n) is 7.29. The minimum atomic E-state index is -1.16. The Morgan fingerprint density at radius 2 is 1.72 bits per heavy atom. The number of allylic oxidation sites excluding steroid dienone is 2. The van der Waals surface area contributed by atoms with Crippen LogP contribution in [0.15, 0.2) is 53.9 Å². The molecule has 0 atom stereocenters. The Labute approximate surface area is 144 Å². The van der Waals surface area contributed by atoms with Crippen LogP contribution in [0.5, 0.6) is 0 Å². The average Bonchev–Trinajstić information content (AvgIpc) is 2.83. The molecular weight excluding hydrogens is 326 g/mol. The standard InChI is InChI=1S/C18H17NO6/c1-11-7-8-14(13(10-11)16(20)21)19-9-5-4-6-12(17(22)24-2)15(19)18(23)25-3/h4-10H,1-3H3,(H,20,21). The van der Waals surface area contributed by atoms with Crippen LogP contribution >= 0.6 is 0 Å². The number of ether oxygens (including phenoxy) is 2. The summed E-state index contributed by atoms with van der Waals surface area (Å²) in [5.41, 5.74) is 0.772. The van der Waals surface area contributed by atoms with Crippen molar-refractivity contribution in [3.63, 3.8) is 0 Å². The third-order valence-electron chi connectivity index (χ3n) is 3.53. The highest BCUT2D eigenvalue weighted by molar-refractivity contribution is 6.07. The number of rotatable bonds is 4. The molecule has 7 heteroatoms. The zero-order valence-corrected chi connectivity index (χ0v) is 14.0. The van der Waals surface area contributed by atoms with E-state index in [1.165, 1.54) is 37.5 Å². The molecule has 0 saturated heterocycles. The van der Waals surface area contributed by atoms with Crippen molar-refractivity contribution < 1.29 is 29.0 Å². The van der Waals surface area contributed by atoms with Gasteiger partial charge in [-0.3, -0.25) is 0 Å². The maximum atomic E-state index is 12.3. The van der Waals surface area contributed by atoms with Gasteiger partial charge in [0.05, 0.1) is 31.0 Å². The SMILES string of the molecule is COC(=O)C1=C(C(=O)OC)N(c2ccc(C)cc2C(=O)O)C=CC=C1. The quantitative estimate of drug-likeness (QED) is 0.838. The second-order valence-electron chi connectivity index (χ2n) is 5.14. The van der Waals surface area contributed by atoms with Crippen molar-refractivity contribution in [3.05, 3.63) is 65.0 Å². The number of benzene rings is 1. The van der Waals surface area contributed by atoms with Crippen LogP contribution in [0.25, 0.3) is 0 Å². The molecule has 0 saturated carbocycles. The molecule has 1 aliphatic rings. The van der Waals surface area contributed by atoms with E-state index in [0.717, 1.165) is 5.56 Å². The van der Waals surface area contributed by atoms with E-state index < -0.39 is 17.9 Å². The summed E-state index contributed by atoms with van der Waals surface area (Å²) in [5, 5.41) is 9.50. The van der Waals surface area contributed by atoms with Crippen LogP contribution in [-0.2, 0) is 19.1 Å². The van der Waals surface area contributed by atoms with Gasteiger partial charge in [0.15, 0.2) is 0 Å². The molecule has 130 valence electrons. The molecule has 0 aromatic heterocycles. The molecule has 1 heterocycles. The monoisotopic (exact) mass is 343 g/mol. The molecule has 0 aliphatic carbocycles. The number of aryl methyl sites for hydroxylation is 1. The molecule has 1 N–H and O–H groups in total. The lowest BCUT2D eigenvalue weighted by Crippen LogP contribution is -2.28. The van der Waals surface area contributed by atoms with Gasteiger partial charge in [0.25, 0.3) is 0 Å². The van der Waals surface area contributed by atoms with E-state index in [-0.39, 0.29) is 22.5 Å². The van der Waals surface area contributed by atoms with E-state index >= 15 is 0 Å². The van der Waals surface area contributed by atoms with Crippen molar-refractivity contribution in [3.8, 4) is 0 Å². The van der Waals surface area contributed by atoms with E-state index in [2.05, 4.69) is 0 Å². The van der Waals surface area contributed by atoms with Gasteiger partial charge >= 0.3 is 17.9 Å². The minimum absolute atomic E-state index is 0.0165. The van der Waals surface area contributed by atoms with Crippen molar-refractivity contribution in [2.45, 2.75) is 6.92 Å². The molecule has 25 heavy (non-hydrogen) atoms. The summed E-state index contributed by atoms with van der Waals surface area (Å²) in [7, 11) is 2.36. The lowest BCUT2D eigenvalue weighted by Gasteiger charge is -2.24. The molecule has 1 aromatic carbocycles. The first-order valence-corrected chi connectivity index (χ1v) is 7.29. The van der Waals surface area contributed by atoms with Gasteiger partial charge in [-0.15, -0.1) is 0 Å². The van der Waals surface area contributed by atoms with Crippen LogP contribution < -0.4 is 4.90 Å². The van der Waals surface area contributed by atoms with E-state index in [0.29, 0.717) is 0 Å². The van der Waals surface area contributed by atoms with Gasteiger partial charge in [0, 0.05) is 6.20 Å². The molecule has 0 fully saturated rings. The van der Waals surface area contributed by atoms with Crippen LogP contribution in [0.3, 0.4) is 0 Å². The highest BCUT2D eigenvalue weighted by Gasteiger charge is 2.29. The Bertz CT molecular complexity index is 819. The number of anilines is 1. The lowest BCUT2D eigenvalue weighted by atomic mass is 10.1. The zero-order valence-electron chi connectivity index (χ0n) is 14.0. The Kier molecular flexibility index (Phi) is 5.38. The maximum absolute atomic E-state index is 12.3. The third-order valence-corrected chi connectivity index (χ3v) is 3.53. The third kappa shape index (κ3) is 3.60. The van der Waals surface area contributed by atoms with Crippen LogP contribution in [0.4, 0.5) is 5.69 Å². The van der Waals surface area contributed by atoms with E-state index in [1.807, 2.05) is 0 Å². The normalized spacial score (nSPS) is 13.5. The molecule has 0 radical (unpaired) electrons. The highest BCUT2D eigenvalue weighted by Crippen LogP contribution is 2.30. The molecule has 7 nitrogen and oxygen atoms in total. The maximum Gasteiger partial charge on any atom is 0.355 e. The average molecular weight is 343 g/mol. The molecule has 0 unspecified atom stereocenters. The summed E-state index contributed by atoms with van der Waals surface area (Å²) in [6.07, 6.45) is 6.01. The van der Waals surface area contributed by atoms with Crippen LogP contribution in [0.2, 0.25) is 0 Å². The zero-order chi connectivity index (χ0) is 18.6. The fourth-order valence-electron chi connectivity index (χ4n) is 2.38. The molecule has 0 amide bonds.